The second-order valence-electron chi connectivity index (χ2n) is 6.21. The Morgan fingerprint density at radius 3 is 2.89 bits per heavy atom. The topological polar surface area (TPSA) is 71.5 Å². The zero-order valence-corrected chi connectivity index (χ0v) is 16.4. The minimum absolute atomic E-state index is 0.540. The Balaban J connectivity index is 1.53. The van der Waals surface area contributed by atoms with Crippen LogP contribution in [0.5, 0.6) is 0 Å². The normalized spacial score (nSPS) is 11.6. The summed E-state index contributed by atoms with van der Waals surface area (Å²) >= 11 is 6.01. The van der Waals surface area contributed by atoms with Crippen molar-refractivity contribution in [3.8, 4) is 11.4 Å². The average Bonchev–Trinajstić information content (AvgIpc) is 3.28. The minimum atomic E-state index is 0.540. The van der Waals surface area contributed by atoms with Gasteiger partial charge in [0.25, 0.3) is 0 Å². The maximum absolute atomic E-state index is 6.01. The molecule has 0 atom stereocenters. The Morgan fingerprint density at radius 1 is 1.33 bits per heavy atom. The van der Waals surface area contributed by atoms with Gasteiger partial charge in [0.15, 0.2) is 5.96 Å². The summed E-state index contributed by atoms with van der Waals surface area (Å²) < 4.78 is 7.43. The summed E-state index contributed by atoms with van der Waals surface area (Å²) in [6.45, 7) is 1.41. The highest BCUT2D eigenvalue weighted by Gasteiger charge is 2.11. The van der Waals surface area contributed by atoms with Crippen molar-refractivity contribution in [1.82, 2.24) is 24.9 Å². The lowest BCUT2D eigenvalue weighted by atomic mass is 10.2. The number of hydrogen-bond acceptors (Lipinski definition) is 4. The first-order valence-electron chi connectivity index (χ1n) is 8.67. The fourth-order valence-electron chi connectivity index (χ4n) is 2.75. The second-order valence-corrected chi connectivity index (χ2v) is 6.65. The summed E-state index contributed by atoms with van der Waals surface area (Å²) in [5, 5.41) is 7.99. The number of halogens is 1. The summed E-state index contributed by atoms with van der Waals surface area (Å²) in [7, 11) is 5.81. The van der Waals surface area contributed by atoms with Gasteiger partial charge in [-0.1, -0.05) is 28.9 Å². The molecule has 3 rings (SSSR count). The number of aliphatic imine (C=N–C) groups is 1. The lowest BCUT2D eigenvalue weighted by Crippen LogP contribution is -2.39. The number of guanidine groups is 1. The molecule has 2 aromatic heterocycles. The van der Waals surface area contributed by atoms with Crippen molar-refractivity contribution in [3.63, 3.8) is 0 Å². The molecule has 0 aliphatic heterocycles. The van der Waals surface area contributed by atoms with E-state index in [2.05, 4.69) is 36.0 Å². The smallest absolute Gasteiger partial charge is 0.228 e. The van der Waals surface area contributed by atoms with E-state index in [0.717, 1.165) is 18.1 Å². The van der Waals surface area contributed by atoms with E-state index in [-0.39, 0.29) is 0 Å². The standard InChI is InChI=1S/C19H23ClN6O/c1-21-19(26(3)13-16-8-5-11-25(16)2)22-10-9-17-23-18(24-27-17)14-6-4-7-15(20)12-14/h4-8,11-12H,9-10,13H2,1-3H3,(H,21,22). The predicted molar refractivity (Wildman–Crippen MR) is 107 cm³/mol. The molecule has 8 heteroatoms. The first-order chi connectivity index (χ1) is 13.1. The van der Waals surface area contributed by atoms with Gasteiger partial charge >= 0.3 is 0 Å². The first kappa shape index (κ1) is 19.0. The van der Waals surface area contributed by atoms with Crippen molar-refractivity contribution in [1.29, 1.82) is 0 Å². The highest BCUT2D eigenvalue weighted by Crippen LogP contribution is 2.19. The van der Waals surface area contributed by atoms with Crippen LogP contribution in [0.1, 0.15) is 11.6 Å². The third-order valence-corrected chi connectivity index (χ3v) is 4.43. The van der Waals surface area contributed by atoms with E-state index in [1.54, 1.807) is 7.05 Å². The molecular weight excluding hydrogens is 364 g/mol. The zero-order valence-electron chi connectivity index (χ0n) is 15.7. The van der Waals surface area contributed by atoms with Crippen molar-refractivity contribution in [2.45, 2.75) is 13.0 Å². The van der Waals surface area contributed by atoms with E-state index in [0.29, 0.717) is 29.7 Å². The number of benzene rings is 1. The van der Waals surface area contributed by atoms with Gasteiger partial charge in [-0.25, -0.2) is 0 Å². The largest absolute Gasteiger partial charge is 0.356 e. The molecule has 0 amide bonds. The third-order valence-electron chi connectivity index (χ3n) is 4.20. The molecule has 7 nitrogen and oxygen atoms in total. The van der Waals surface area contributed by atoms with Crippen LogP contribution >= 0.6 is 11.6 Å². The summed E-state index contributed by atoms with van der Waals surface area (Å²) in [5.41, 5.74) is 2.05. The molecule has 0 aliphatic rings. The number of aromatic nitrogens is 3. The zero-order chi connectivity index (χ0) is 19.2. The fraction of sp³-hybridized carbons (Fsp3) is 0.316. The molecule has 0 saturated heterocycles. The molecule has 142 valence electrons. The Bertz CT molecular complexity index is 916. The van der Waals surface area contributed by atoms with E-state index in [4.69, 9.17) is 16.1 Å². The molecule has 1 aromatic carbocycles. The minimum Gasteiger partial charge on any atom is -0.356 e. The van der Waals surface area contributed by atoms with Gasteiger partial charge in [0.1, 0.15) is 0 Å². The highest BCUT2D eigenvalue weighted by atomic mass is 35.5. The summed E-state index contributed by atoms with van der Waals surface area (Å²) in [6.07, 6.45) is 2.64. The van der Waals surface area contributed by atoms with Crippen molar-refractivity contribution in [3.05, 3.63) is 59.2 Å². The Labute approximate surface area is 163 Å². The molecule has 0 aliphatic carbocycles. The quantitative estimate of drug-likeness (QED) is 0.521. The molecule has 0 unspecified atom stereocenters. The van der Waals surface area contributed by atoms with E-state index < -0.39 is 0 Å². The predicted octanol–water partition coefficient (Wildman–Crippen LogP) is 2.98. The van der Waals surface area contributed by atoms with Crippen LogP contribution in [0.3, 0.4) is 0 Å². The molecule has 27 heavy (non-hydrogen) atoms. The second kappa shape index (κ2) is 8.73. The number of nitrogens with zero attached hydrogens (tertiary/aromatic N) is 5. The summed E-state index contributed by atoms with van der Waals surface area (Å²) in [4.78, 5) is 10.8. The van der Waals surface area contributed by atoms with Gasteiger partial charge in [0.05, 0.1) is 6.54 Å². The number of hydrogen-bond donors (Lipinski definition) is 1. The molecule has 0 bridgehead atoms. The van der Waals surface area contributed by atoms with Crippen LogP contribution in [-0.4, -0.2) is 46.2 Å². The van der Waals surface area contributed by atoms with Crippen LogP contribution in [0, 0.1) is 0 Å². The molecule has 3 aromatic rings. The van der Waals surface area contributed by atoms with Crippen molar-refractivity contribution >= 4 is 17.6 Å². The van der Waals surface area contributed by atoms with Gasteiger partial charge in [-0.3, -0.25) is 4.99 Å². The van der Waals surface area contributed by atoms with Crippen LogP contribution in [0.25, 0.3) is 11.4 Å². The molecule has 1 N–H and O–H groups in total. The monoisotopic (exact) mass is 386 g/mol. The lowest BCUT2D eigenvalue weighted by molar-refractivity contribution is 0.377. The summed E-state index contributed by atoms with van der Waals surface area (Å²) in [5.74, 6) is 1.92. The van der Waals surface area contributed by atoms with Crippen molar-refractivity contribution < 1.29 is 4.52 Å². The van der Waals surface area contributed by atoms with Crippen LogP contribution in [0.15, 0.2) is 52.1 Å². The third kappa shape index (κ3) is 4.89. The van der Waals surface area contributed by atoms with Crippen LogP contribution < -0.4 is 5.32 Å². The first-order valence-corrected chi connectivity index (χ1v) is 9.05. The Hall–Kier alpha value is -2.80. The maximum Gasteiger partial charge on any atom is 0.228 e. The SMILES string of the molecule is CN=C(NCCc1nc(-c2cccc(Cl)c2)no1)N(C)Cc1cccn1C. The summed E-state index contributed by atoms with van der Waals surface area (Å²) in [6, 6.07) is 11.5. The van der Waals surface area contributed by atoms with Gasteiger partial charge in [-0.15, -0.1) is 0 Å². The molecule has 0 fully saturated rings. The average molecular weight is 387 g/mol. The van der Waals surface area contributed by atoms with Crippen LogP contribution in [0.4, 0.5) is 0 Å². The van der Waals surface area contributed by atoms with Gasteiger partial charge in [-0.05, 0) is 24.3 Å². The highest BCUT2D eigenvalue weighted by molar-refractivity contribution is 6.30. The fourth-order valence-corrected chi connectivity index (χ4v) is 2.94. The molecule has 0 radical (unpaired) electrons. The van der Waals surface area contributed by atoms with Gasteiger partial charge in [0.2, 0.25) is 11.7 Å². The van der Waals surface area contributed by atoms with Gasteiger partial charge in [-0.2, -0.15) is 4.98 Å². The molecular formula is C19H23ClN6O. The number of aryl methyl sites for hydroxylation is 1. The number of nitrogens with one attached hydrogen (secondary N) is 1. The number of rotatable bonds is 6. The molecule has 2 heterocycles. The van der Waals surface area contributed by atoms with E-state index in [1.807, 2.05) is 50.6 Å². The molecule has 0 spiro atoms. The van der Waals surface area contributed by atoms with E-state index in [1.165, 1.54) is 5.69 Å². The lowest BCUT2D eigenvalue weighted by Gasteiger charge is -2.22. The van der Waals surface area contributed by atoms with Crippen molar-refractivity contribution in [2.75, 3.05) is 20.6 Å². The van der Waals surface area contributed by atoms with Crippen LogP contribution in [0.2, 0.25) is 5.02 Å². The molecule has 0 saturated carbocycles. The Kier molecular flexibility index (Phi) is 6.13. The van der Waals surface area contributed by atoms with Crippen molar-refractivity contribution in [2.24, 2.45) is 12.0 Å². The van der Waals surface area contributed by atoms with Gasteiger partial charge in [0, 0.05) is 56.6 Å². The maximum atomic E-state index is 6.01. The van der Waals surface area contributed by atoms with E-state index >= 15 is 0 Å². The van der Waals surface area contributed by atoms with Gasteiger partial charge < -0.3 is 19.3 Å². The van der Waals surface area contributed by atoms with E-state index in [9.17, 15) is 0 Å². The van der Waals surface area contributed by atoms with Crippen LogP contribution in [-0.2, 0) is 20.0 Å². The Morgan fingerprint density at radius 2 is 2.19 bits per heavy atom.